The third kappa shape index (κ3) is 8.45. The molecule has 0 unspecified atom stereocenters. The van der Waals surface area contributed by atoms with Gasteiger partial charge in [0.1, 0.15) is 0 Å². The van der Waals surface area contributed by atoms with E-state index in [9.17, 15) is 0 Å². The zero-order chi connectivity index (χ0) is 19.2. The van der Waals surface area contributed by atoms with Crippen LogP contribution in [0.25, 0.3) is 0 Å². The maximum Gasteiger partial charge on any atom is 0.191 e. The van der Waals surface area contributed by atoms with Crippen molar-refractivity contribution in [2.45, 2.75) is 26.3 Å². The van der Waals surface area contributed by atoms with Crippen molar-refractivity contribution in [3.05, 3.63) is 42.0 Å². The van der Waals surface area contributed by atoms with Crippen molar-refractivity contribution < 1.29 is 9.47 Å². The summed E-state index contributed by atoms with van der Waals surface area (Å²) in [6.45, 7) is 8.38. The fourth-order valence-electron chi connectivity index (χ4n) is 2.73. The highest BCUT2D eigenvalue weighted by atomic mass is 16.5. The molecule has 0 fully saturated rings. The van der Waals surface area contributed by atoms with Crippen LogP contribution in [0.2, 0.25) is 0 Å². The second kappa shape index (κ2) is 13.2. The van der Waals surface area contributed by atoms with Crippen LogP contribution in [-0.4, -0.2) is 59.1 Å². The van der Waals surface area contributed by atoms with Gasteiger partial charge in [-0.25, -0.2) is 0 Å². The molecule has 1 heterocycles. The van der Waals surface area contributed by atoms with Crippen LogP contribution in [0, 0.1) is 0 Å². The Bertz CT molecular complexity index is 564. The van der Waals surface area contributed by atoms with Crippen LogP contribution in [0.15, 0.2) is 41.4 Å². The molecular weight excluding hydrogens is 340 g/mol. The molecule has 6 heteroatoms. The van der Waals surface area contributed by atoms with Crippen molar-refractivity contribution >= 4 is 11.6 Å². The lowest BCUT2D eigenvalue weighted by atomic mass is 10.2. The summed E-state index contributed by atoms with van der Waals surface area (Å²) in [6.07, 6.45) is 6.68. The summed E-state index contributed by atoms with van der Waals surface area (Å²) in [5.74, 6) is 0.783. The standard InChI is InChI=1S/C21H34N4O2/c1-3-4-14-26-16-17-27-15-11-23-21(22-2)24-18-19-7-9-20(10-8-19)25-12-5-6-13-25/h5-10H,3-4,11-18H2,1-2H3,(H2,22,23,24). The molecule has 0 bridgehead atoms. The van der Waals surface area contributed by atoms with Crippen LogP contribution in [0.4, 0.5) is 5.69 Å². The molecule has 0 aromatic heterocycles. The van der Waals surface area contributed by atoms with E-state index in [1.165, 1.54) is 11.3 Å². The molecule has 27 heavy (non-hydrogen) atoms. The highest BCUT2D eigenvalue weighted by Crippen LogP contribution is 2.17. The minimum Gasteiger partial charge on any atom is -0.379 e. The number of rotatable bonds is 12. The van der Waals surface area contributed by atoms with Crippen LogP contribution in [0.3, 0.4) is 0 Å². The summed E-state index contributed by atoms with van der Waals surface area (Å²) in [7, 11) is 1.78. The van der Waals surface area contributed by atoms with Crippen LogP contribution < -0.4 is 15.5 Å². The normalized spacial score (nSPS) is 14.0. The molecule has 150 valence electrons. The van der Waals surface area contributed by atoms with E-state index in [1.807, 2.05) is 0 Å². The number of nitrogens with zero attached hydrogens (tertiary/aromatic N) is 2. The summed E-state index contributed by atoms with van der Waals surface area (Å²) in [5, 5.41) is 6.60. The zero-order valence-electron chi connectivity index (χ0n) is 16.7. The number of nitrogens with one attached hydrogen (secondary N) is 2. The molecule has 0 spiro atoms. The first-order valence-electron chi connectivity index (χ1n) is 9.92. The number of hydrogen-bond donors (Lipinski definition) is 2. The number of anilines is 1. The van der Waals surface area contributed by atoms with Gasteiger partial charge in [-0.15, -0.1) is 0 Å². The second-order valence-corrected chi connectivity index (χ2v) is 6.47. The molecule has 1 aromatic carbocycles. The maximum absolute atomic E-state index is 5.55. The summed E-state index contributed by atoms with van der Waals surface area (Å²) < 4.78 is 11.0. The lowest BCUT2D eigenvalue weighted by Crippen LogP contribution is -2.38. The molecule has 1 aliphatic rings. The largest absolute Gasteiger partial charge is 0.379 e. The van der Waals surface area contributed by atoms with Gasteiger partial charge >= 0.3 is 0 Å². The monoisotopic (exact) mass is 374 g/mol. The van der Waals surface area contributed by atoms with Gasteiger partial charge in [-0.3, -0.25) is 4.99 Å². The summed E-state index contributed by atoms with van der Waals surface area (Å²) >= 11 is 0. The van der Waals surface area contributed by atoms with Crippen LogP contribution >= 0.6 is 0 Å². The van der Waals surface area contributed by atoms with Gasteiger partial charge in [-0.05, 0) is 24.1 Å². The van der Waals surface area contributed by atoms with Crippen molar-refractivity contribution in [3.8, 4) is 0 Å². The molecule has 1 aromatic rings. The number of hydrogen-bond acceptors (Lipinski definition) is 4. The Hall–Kier alpha value is -2.05. The first-order valence-corrected chi connectivity index (χ1v) is 9.92. The van der Waals surface area contributed by atoms with E-state index in [2.05, 4.69) is 63.9 Å². The van der Waals surface area contributed by atoms with E-state index < -0.39 is 0 Å². The molecule has 0 aliphatic carbocycles. The van der Waals surface area contributed by atoms with Crippen LogP contribution in [0.5, 0.6) is 0 Å². The van der Waals surface area contributed by atoms with Crippen LogP contribution in [-0.2, 0) is 16.0 Å². The Kier molecular flexibility index (Phi) is 10.4. The van der Waals surface area contributed by atoms with Crippen molar-refractivity contribution in [2.24, 2.45) is 4.99 Å². The van der Waals surface area contributed by atoms with Gasteiger partial charge in [-0.2, -0.15) is 0 Å². The fraction of sp³-hybridized carbons (Fsp3) is 0.571. The smallest absolute Gasteiger partial charge is 0.191 e. The van der Waals surface area contributed by atoms with E-state index in [0.29, 0.717) is 19.8 Å². The van der Waals surface area contributed by atoms with Crippen LogP contribution in [0.1, 0.15) is 25.3 Å². The molecule has 0 saturated carbocycles. The van der Waals surface area contributed by atoms with Gasteiger partial charge in [0.25, 0.3) is 0 Å². The van der Waals surface area contributed by atoms with Gasteiger partial charge < -0.3 is 25.0 Å². The van der Waals surface area contributed by atoms with Gasteiger partial charge in [0.15, 0.2) is 5.96 Å². The summed E-state index contributed by atoms with van der Waals surface area (Å²) in [4.78, 5) is 6.59. The average molecular weight is 375 g/mol. The Morgan fingerprint density at radius 3 is 2.37 bits per heavy atom. The van der Waals surface area contributed by atoms with Crippen molar-refractivity contribution in [1.29, 1.82) is 0 Å². The number of benzene rings is 1. The first-order chi connectivity index (χ1) is 13.3. The Morgan fingerprint density at radius 1 is 1.00 bits per heavy atom. The molecule has 2 rings (SSSR count). The van der Waals surface area contributed by atoms with Crippen molar-refractivity contribution in [3.63, 3.8) is 0 Å². The molecule has 0 amide bonds. The van der Waals surface area contributed by atoms with Crippen molar-refractivity contribution in [2.75, 3.05) is 58.0 Å². The summed E-state index contributed by atoms with van der Waals surface area (Å²) in [5.41, 5.74) is 2.50. The van der Waals surface area contributed by atoms with Gasteiger partial charge in [0.2, 0.25) is 0 Å². The Balaban J connectivity index is 1.56. The quantitative estimate of drug-likeness (QED) is 0.255. The Morgan fingerprint density at radius 2 is 1.70 bits per heavy atom. The third-order valence-corrected chi connectivity index (χ3v) is 4.36. The molecule has 1 aliphatic heterocycles. The van der Waals surface area contributed by atoms with Gasteiger partial charge in [0, 0.05) is 45.5 Å². The highest BCUT2D eigenvalue weighted by Gasteiger charge is 2.07. The highest BCUT2D eigenvalue weighted by molar-refractivity contribution is 5.79. The minimum absolute atomic E-state index is 0.635. The van der Waals surface area contributed by atoms with E-state index in [0.717, 1.165) is 51.6 Å². The minimum atomic E-state index is 0.635. The van der Waals surface area contributed by atoms with E-state index >= 15 is 0 Å². The predicted octanol–water partition coefficient (Wildman–Crippen LogP) is 2.56. The number of unbranched alkanes of at least 4 members (excludes halogenated alkanes) is 1. The predicted molar refractivity (Wildman–Crippen MR) is 113 cm³/mol. The SMILES string of the molecule is CCCCOCCOCCNC(=NC)NCc1ccc(N2CC=CC2)cc1. The van der Waals surface area contributed by atoms with E-state index in [1.54, 1.807) is 7.05 Å². The van der Waals surface area contributed by atoms with E-state index in [-0.39, 0.29) is 0 Å². The van der Waals surface area contributed by atoms with Gasteiger partial charge in [0.05, 0.1) is 19.8 Å². The number of aliphatic imine (C=N–C) groups is 1. The molecule has 2 N–H and O–H groups in total. The zero-order valence-corrected chi connectivity index (χ0v) is 16.7. The third-order valence-electron chi connectivity index (χ3n) is 4.36. The van der Waals surface area contributed by atoms with E-state index in [4.69, 9.17) is 9.47 Å². The number of ether oxygens (including phenoxy) is 2. The van der Waals surface area contributed by atoms with Crippen molar-refractivity contribution in [1.82, 2.24) is 10.6 Å². The molecular formula is C21H34N4O2. The average Bonchev–Trinajstić information content (AvgIpc) is 3.24. The molecule has 6 nitrogen and oxygen atoms in total. The topological polar surface area (TPSA) is 58.1 Å². The Labute approximate surface area is 163 Å². The second-order valence-electron chi connectivity index (χ2n) is 6.47. The first kappa shape index (κ1) is 21.3. The molecule has 0 saturated heterocycles. The lowest BCUT2D eigenvalue weighted by molar-refractivity contribution is 0.0487. The molecule has 0 atom stereocenters. The summed E-state index contributed by atoms with van der Waals surface area (Å²) in [6, 6.07) is 8.68. The van der Waals surface area contributed by atoms with Gasteiger partial charge in [-0.1, -0.05) is 37.6 Å². The number of guanidine groups is 1. The maximum atomic E-state index is 5.55. The fourth-order valence-corrected chi connectivity index (χ4v) is 2.73. The molecule has 0 radical (unpaired) electrons. The lowest BCUT2D eigenvalue weighted by Gasteiger charge is -2.18.